The third-order valence-electron chi connectivity index (χ3n) is 2.30. The Hall–Kier alpha value is -2.55. The van der Waals surface area contributed by atoms with Crippen molar-refractivity contribution in [3.63, 3.8) is 0 Å². The first kappa shape index (κ1) is 12.9. The van der Waals surface area contributed by atoms with E-state index in [-0.39, 0.29) is 15.8 Å². The number of carbonyl (C=O) groups excluding carboxylic acids is 1. The zero-order valence-electron chi connectivity index (χ0n) is 9.78. The van der Waals surface area contributed by atoms with E-state index < -0.39 is 10.8 Å². The van der Waals surface area contributed by atoms with Crippen molar-refractivity contribution >= 4 is 33.8 Å². The van der Waals surface area contributed by atoms with E-state index in [9.17, 15) is 14.9 Å². The highest BCUT2D eigenvalue weighted by Crippen LogP contribution is 2.22. The van der Waals surface area contributed by atoms with Crippen LogP contribution in [0.15, 0.2) is 18.2 Å². The molecule has 0 bridgehead atoms. The molecule has 0 saturated carbocycles. The molecule has 1 aromatic carbocycles. The number of nitro benzene ring substituents is 1. The second kappa shape index (κ2) is 4.98. The minimum atomic E-state index is -0.496. The van der Waals surface area contributed by atoms with Crippen LogP contribution in [-0.2, 0) is 0 Å². The molecule has 1 heterocycles. The number of rotatable bonds is 3. The minimum Gasteiger partial charge on any atom is -0.374 e. The first-order valence-corrected chi connectivity index (χ1v) is 5.94. The highest BCUT2D eigenvalue weighted by atomic mass is 32.1. The van der Waals surface area contributed by atoms with Crippen molar-refractivity contribution in [2.24, 2.45) is 0 Å². The summed E-state index contributed by atoms with van der Waals surface area (Å²) in [7, 11) is 0. The summed E-state index contributed by atoms with van der Waals surface area (Å²) in [5, 5.41) is 20.7. The van der Waals surface area contributed by atoms with Crippen LogP contribution in [0.5, 0.6) is 0 Å². The summed E-state index contributed by atoms with van der Waals surface area (Å²) in [6, 6.07) is 4.16. The molecule has 0 saturated heterocycles. The van der Waals surface area contributed by atoms with Gasteiger partial charge in [-0.25, -0.2) is 0 Å². The number of amides is 1. The van der Waals surface area contributed by atoms with E-state index in [1.165, 1.54) is 18.2 Å². The minimum absolute atomic E-state index is 0.0318. The maximum Gasteiger partial charge on any atom is 0.286 e. The van der Waals surface area contributed by atoms with Crippen LogP contribution >= 0.6 is 11.3 Å². The summed E-state index contributed by atoms with van der Waals surface area (Å²) in [5.41, 5.74) is 6.41. The number of benzene rings is 1. The van der Waals surface area contributed by atoms with Gasteiger partial charge in [0.1, 0.15) is 0 Å². The Balaban J connectivity index is 2.20. The molecule has 8 nitrogen and oxygen atoms in total. The van der Waals surface area contributed by atoms with E-state index >= 15 is 0 Å². The number of nitrogens with one attached hydrogen (secondary N) is 1. The van der Waals surface area contributed by atoms with Crippen LogP contribution in [-0.4, -0.2) is 21.0 Å². The molecule has 0 unspecified atom stereocenters. The predicted octanol–water partition coefficient (Wildman–Crippen LogP) is 1.59. The molecule has 0 fully saturated rings. The van der Waals surface area contributed by atoms with Gasteiger partial charge in [-0.2, -0.15) is 0 Å². The fraction of sp³-hybridized carbons (Fsp3) is 0.100. The van der Waals surface area contributed by atoms with Crippen molar-refractivity contribution in [1.82, 2.24) is 10.2 Å². The number of non-ortho nitro benzene ring substituents is 1. The third kappa shape index (κ3) is 2.83. The zero-order valence-corrected chi connectivity index (χ0v) is 10.6. The SMILES string of the molecule is Cc1cc([N+](=O)[O-])ccc1NC(=O)c1nnc(N)s1. The molecule has 0 spiro atoms. The van der Waals surface area contributed by atoms with E-state index in [0.717, 1.165) is 11.3 Å². The highest BCUT2D eigenvalue weighted by Gasteiger charge is 2.14. The normalized spacial score (nSPS) is 10.2. The smallest absolute Gasteiger partial charge is 0.286 e. The molecule has 0 aliphatic carbocycles. The van der Waals surface area contributed by atoms with E-state index in [4.69, 9.17) is 5.73 Å². The first-order valence-electron chi connectivity index (χ1n) is 5.13. The molecule has 2 aromatic rings. The Labute approximate surface area is 111 Å². The molecule has 0 aliphatic rings. The number of anilines is 2. The monoisotopic (exact) mass is 279 g/mol. The number of nitrogens with zero attached hydrogens (tertiary/aromatic N) is 3. The van der Waals surface area contributed by atoms with Gasteiger partial charge < -0.3 is 11.1 Å². The maximum atomic E-state index is 11.8. The van der Waals surface area contributed by atoms with Gasteiger partial charge >= 0.3 is 0 Å². The Morgan fingerprint density at radius 1 is 1.47 bits per heavy atom. The van der Waals surface area contributed by atoms with Crippen LogP contribution < -0.4 is 11.1 Å². The lowest BCUT2D eigenvalue weighted by atomic mass is 10.2. The molecule has 0 aliphatic heterocycles. The maximum absolute atomic E-state index is 11.8. The van der Waals surface area contributed by atoms with Crippen molar-refractivity contribution in [2.45, 2.75) is 6.92 Å². The molecule has 98 valence electrons. The fourth-order valence-corrected chi connectivity index (χ4v) is 1.91. The zero-order chi connectivity index (χ0) is 14.0. The van der Waals surface area contributed by atoms with Gasteiger partial charge in [0.05, 0.1) is 4.92 Å². The van der Waals surface area contributed by atoms with Crippen molar-refractivity contribution < 1.29 is 9.72 Å². The summed E-state index contributed by atoms with van der Waals surface area (Å²) >= 11 is 0.964. The number of nitrogen functional groups attached to an aromatic ring is 1. The Morgan fingerprint density at radius 3 is 2.74 bits per heavy atom. The standard InChI is InChI=1S/C10H9N5O3S/c1-5-4-6(15(17)18)2-3-7(5)12-8(16)9-13-14-10(11)19-9/h2-4H,1H3,(H2,11,14)(H,12,16). The number of hydrogen-bond donors (Lipinski definition) is 2. The number of aryl methyl sites for hydroxylation is 1. The molecule has 3 N–H and O–H groups in total. The quantitative estimate of drug-likeness (QED) is 0.649. The first-order chi connectivity index (χ1) is 8.97. The van der Waals surface area contributed by atoms with Crippen LogP contribution in [0.3, 0.4) is 0 Å². The second-order valence-electron chi connectivity index (χ2n) is 3.66. The van der Waals surface area contributed by atoms with Crippen molar-refractivity contribution in [2.75, 3.05) is 11.1 Å². The molecule has 19 heavy (non-hydrogen) atoms. The van der Waals surface area contributed by atoms with Crippen molar-refractivity contribution in [3.05, 3.63) is 38.9 Å². The van der Waals surface area contributed by atoms with Crippen LogP contribution in [0.2, 0.25) is 0 Å². The van der Waals surface area contributed by atoms with Gasteiger partial charge in [0.2, 0.25) is 10.1 Å². The number of hydrogen-bond acceptors (Lipinski definition) is 7. The number of aromatic nitrogens is 2. The highest BCUT2D eigenvalue weighted by molar-refractivity contribution is 7.16. The largest absolute Gasteiger partial charge is 0.374 e. The summed E-state index contributed by atoms with van der Waals surface area (Å²) in [6.07, 6.45) is 0. The van der Waals surface area contributed by atoms with Crippen molar-refractivity contribution in [3.8, 4) is 0 Å². The molecule has 0 radical (unpaired) electrons. The van der Waals surface area contributed by atoms with Gasteiger partial charge in [-0.3, -0.25) is 14.9 Å². The summed E-state index contributed by atoms with van der Waals surface area (Å²) < 4.78 is 0. The second-order valence-corrected chi connectivity index (χ2v) is 4.67. The molecule has 2 rings (SSSR count). The number of nitro groups is 1. The average molecular weight is 279 g/mol. The van der Waals surface area contributed by atoms with E-state index in [1.807, 2.05) is 0 Å². The van der Waals surface area contributed by atoms with Crippen LogP contribution in [0, 0.1) is 17.0 Å². The summed E-state index contributed by atoms with van der Waals surface area (Å²) in [5.74, 6) is -0.453. The van der Waals surface area contributed by atoms with Crippen LogP contribution in [0.4, 0.5) is 16.5 Å². The third-order valence-corrected chi connectivity index (χ3v) is 3.06. The molecule has 1 aromatic heterocycles. The van der Waals surface area contributed by atoms with Crippen LogP contribution in [0.1, 0.15) is 15.4 Å². The lowest BCUT2D eigenvalue weighted by Crippen LogP contribution is -2.12. The van der Waals surface area contributed by atoms with Gasteiger partial charge in [-0.1, -0.05) is 11.3 Å². The number of carbonyl (C=O) groups is 1. The van der Waals surface area contributed by atoms with Gasteiger partial charge in [-0.05, 0) is 18.6 Å². The summed E-state index contributed by atoms with van der Waals surface area (Å²) in [4.78, 5) is 21.9. The lowest BCUT2D eigenvalue weighted by Gasteiger charge is -2.06. The van der Waals surface area contributed by atoms with E-state index in [1.54, 1.807) is 6.92 Å². The van der Waals surface area contributed by atoms with Gasteiger partial charge in [0.15, 0.2) is 0 Å². The van der Waals surface area contributed by atoms with Gasteiger partial charge in [0.25, 0.3) is 11.6 Å². The van der Waals surface area contributed by atoms with E-state index in [0.29, 0.717) is 11.3 Å². The molecule has 0 atom stereocenters. The van der Waals surface area contributed by atoms with Gasteiger partial charge in [-0.15, -0.1) is 10.2 Å². The van der Waals surface area contributed by atoms with Crippen molar-refractivity contribution in [1.29, 1.82) is 0 Å². The average Bonchev–Trinajstić information content (AvgIpc) is 2.78. The molecule has 1 amide bonds. The Kier molecular flexibility index (Phi) is 3.38. The molecule has 9 heteroatoms. The van der Waals surface area contributed by atoms with E-state index in [2.05, 4.69) is 15.5 Å². The number of nitrogens with two attached hydrogens (primary N) is 1. The fourth-order valence-electron chi connectivity index (χ4n) is 1.40. The topological polar surface area (TPSA) is 124 Å². The van der Waals surface area contributed by atoms with Gasteiger partial charge in [0, 0.05) is 17.8 Å². The lowest BCUT2D eigenvalue weighted by molar-refractivity contribution is -0.384. The summed E-state index contributed by atoms with van der Waals surface area (Å²) in [6.45, 7) is 1.66. The molecular weight excluding hydrogens is 270 g/mol. The Morgan fingerprint density at radius 2 is 2.21 bits per heavy atom. The van der Waals surface area contributed by atoms with Crippen LogP contribution in [0.25, 0.3) is 0 Å². The molecular formula is C10H9N5O3S. The Bertz CT molecular complexity index is 654. The predicted molar refractivity (Wildman–Crippen MR) is 70.1 cm³/mol.